The van der Waals surface area contributed by atoms with Crippen molar-refractivity contribution in [1.82, 2.24) is 10.6 Å². The maximum atomic E-state index is 11.9. The molecule has 0 radical (unpaired) electrons. The smallest absolute Gasteiger partial charge is 0.242 e. The van der Waals surface area contributed by atoms with Gasteiger partial charge in [0.1, 0.15) is 6.04 Å². The minimum atomic E-state index is -0.735. The molecule has 0 saturated heterocycles. The Morgan fingerprint density at radius 1 is 1.40 bits per heavy atom. The van der Waals surface area contributed by atoms with Gasteiger partial charge in [-0.05, 0) is 30.5 Å². The van der Waals surface area contributed by atoms with E-state index in [2.05, 4.69) is 10.6 Å². The van der Waals surface area contributed by atoms with Crippen molar-refractivity contribution in [2.75, 3.05) is 6.61 Å². The Bertz CT molecular complexity index is 491. The SMILES string of the molecule is CC(=O)NC(CCO)C(=O)NCc1ccc(C)cc1Cl. The van der Waals surface area contributed by atoms with Gasteiger partial charge in [0.2, 0.25) is 11.8 Å². The van der Waals surface area contributed by atoms with Crippen molar-refractivity contribution >= 4 is 23.4 Å². The van der Waals surface area contributed by atoms with E-state index in [1.807, 2.05) is 25.1 Å². The normalized spacial score (nSPS) is 11.8. The molecule has 0 aromatic heterocycles. The number of amides is 2. The molecule has 0 aliphatic heterocycles. The molecule has 3 N–H and O–H groups in total. The Labute approximate surface area is 123 Å². The second-order valence-electron chi connectivity index (χ2n) is 4.58. The number of benzene rings is 1. The number of carbonyl (C=O) groups is 2. The van der Waals surface area contributed by atoms with Crippen LogP contribution in [0.25, 0.3) is 0 Å². The van der Waals surface area contributed by atoms with Gasteiger partial charge in [-0.25, -0.2) is 0 Å². The number of aryl methyl sites for hydroxylation is 1. The third-order valence-corrected chi connectivity index (χ3v) is 3.13. The van der Waals surface area contributed by atoms with Crippen LogP contribution in [-0.2, 0) is 16.1 Å². The highest BCUT2D eigenvalue weighted by Gasteiger charge is 2.18. The summed E-state index contributed by atoms with van der Waals surface area (Å²) in [4.78, 5) is 22.9. The van der Waals surface area contributed by atoms with Crippen LogP contribution in [0.1, 0.15) is 24.5 Å². The van der Waals surface area contributed by atoms with E-state index in [-0.39, 0.29) is 31.4 Å². The zero-order chi connectivity index (χ0) is 15.1. The Morgan fingerprint density at radius 3 is 2.65 bits per heavy atom. The molecule has 0 aliphatic rings. The number of rotatable bonds is 6. The molecule has 0 heterocycles. The first kappa shape index (κ1) is 16.5. The second-order valence-corrected chi connectivity index (χ2v) is 4.99. The van der Waals surface area contributed by atoms with Gasteiger partial charge in [-0.3, -0.25) is 9.59 Å². The molecule has 0 saturated carbocycles. The maximum absolute atomic E-state index is 11.9. The van der Waals surface area contributed by atoms with E-state index in [1.54, 1.807) is 0 Å². The van der Waals surface area contributed by atoms with Crippen molar-refractivity contribution in [3.05, 3.63) is 34.3 Å². The molecule has 1 rings (SSSR count). The molecule has 20 heavy (non-hydrogen) atoms. The summed E-state index contributed by atoms with van der Waals surface area (Å²) in [7, 11) is 0. The fraction of sp³-hybridized carbons (Fsp3) is 0.429. The second kappa shape index (κ2) is 7.87. The lowest BCUT2D eigenvalue weighted by atomic mass is 10.1. The molecule has 1 aromatic carbocycles. The molecule has 1 atom stereocenters. The van der Waals surface area contributed by atoms with E-state index in [4.69, 9.17) is 16.7 Å². The van der Waals surface area contributed by atoms with E-state index < -0.39 is 6.04 Å². The van der Waals surface area contributed by atoms with Crippen molar-refractivity contribution in [3.8, 4) is 0 Å². The Kier molecular flexibility index (Phi) is 6.48. The summed E-state index contributed by atoms with van der Waals surface area (Å²) in [6, 6.07) is 4.84. The monoisotopic (exact) mass is 298 g/mol. The van der Waals surface area contributed by atoms with Crippen LogP contribution in [-0.4, -0.2) is 29.6 Å². The summed E-state index contributed by atoms with van der Waals surface area (Å²) in [5, 5.41) is 14.7. The molecule has 5 nitrogen and oxygen atoms in total. The molecule has 1 aromatic rings. The topological polar surface area (TPSA) is 78.4 Å². The first-order valence-electron chi connectivity index (χ1n) is 6.34. The van der Waals surface area contributed by atoms with E-state index >= 15 is 0 Å². The molecule has 6 heteroatoms. The molecule has 0 fully saturated rings. The average molecular weight is 299 g/mol. The van der Waals surface area contributed by atoms with Crippen LogP contribution in [0.5, 0.6) is 0 Å². The minimum absolute atomic E-state index is 0.174. The van der Waals surface area contributed by atoms with Crippen molar-refractivity contribution < 1.29 is 14.7 Å². The van der Waals surface area contributed by atoms with Crippen LogP contribution in [0.4, 0.5) is 0 Å². The lowest BCUT2D eigenvalue weighted by Crippen LogP contribution is -2.46. The van der Waals surface area contributed by atoms with Gasteiger partial charge in [-0.1, -0.05) is 23.7 Å². The molecule has 110 valence electrons. The van der Waals surface area contributed by atoms with E-state index in [0.717, 1.165) is 11.1 Å². The number of aliphatic hydroxyl groups is 1. The largest absolute Gasteiger partial charge is 0.396 e. The van der Waals surface area contributed by atoms with Gasteiger partial charge in [0.05, 0.1) is 0 Å². The molecule has 0 spiro atoms. The maximum Gasteiger partial charge on any atom is 0.242 e. The average Bonchev–Trinajstić information content (AvgIpc) is 2.36. The number of hydrogen-bond acceptors (Lipinski definition) is 3. The highest BCUT2D eigenvalue weighted by atomic mass is 35.5. The van der Waals surface area contributed by atoms with Gasteiger partial charge in [-0.2, -0.15) is 0 Å². The van der Waals surface area contributed by atoms with Crippen molar-refractivity contribution in [1.29, 1.82) is 0 Å². The fourth-order valence-corrected chi connectivity index (χ4v) is 2.05. The molecule has 2 amide bonds. The first-order chi connectivity index (χ1) is 9.43. The number of hydrogen-bond donors (Lipinski definition) is 3. The van der Waals surface area contributed by atoms with Crippen LogP contribution in [0, 0.1) is 6.92 Å². The Balaban J connectivity index is 2.62. The number of nitrogens with one attached hydrogen (secondary N) is 2. The quantitative estimate of drug-likeness (QED) is 0.737. The van der Waals surface area contributed by atoms with Crippen molar-refractivity contribution in [2.45, 2.75) is 32.9 Å². The predicted molar refractivity (Wildman–Crippen MR) is 77.3 cm³/mol. The summed E-state index contributed by atoms with van der Waals surface area (Å²) >= 11 is 6.08. The molecule has 0 aliphatic carbocycles. The third-order valence-electron chi connectivity index (χ3n) is 2.77. The van der Waals surface area contributed by atoms with Gasteiger partial charge >= 0.3 is 0 Å². The fourth-order valence-electron chi connectivity index (χ4n) is 1.74. The molecular weight excluding hydrogens is 280 g/mol. The van der Waals surface area contributed by atoms with E-state index in [1.165, 1.54) is 6.92 Å². The van der Waals surface area contributed by atoms with E-state index in [9.17, 15) is 9.59 Å². The highest BCUT2D eigenvalue weighted by Crippen LogP contribution is 2.17. The van der Waals surface area contributed by atoms with Crippen LogP contribution < -0.4 is 10.6 Å². The molecule has 1 unspecified atom stereocenters. The zero-order valence-electron chi connectivity index (χ0n) is 11.6. The van der Waals surface area contributed by atoms with Crippen LogP contribution >= 0.6 is 11.6 Å². The number of aliphatic hydroxyl groups excluding tert-OH is 1. The molecule has 0 bridgehead atoms. The van der Waals surface area contributed by atoms with Crippen LogP contribution in [0.2, 0.25) is 5.02 Å². The Hall–Kier alpha value is -1.59. The van der Waals surface area contributed by atoms with E-state index in [0.29, 0.717) is 5.02 Å². The summed E-state index contributed by atoms with van der Waals surface area (Å²) in [6.07, 6.45) is 0.174. The third kappa shape index (κ3) is 5.19. The van der Waals surface area contributed by atoms with Gasteiger partial charge in [-0.15, -0.1) is 0 Å². The number of halogens is 1. The lowest BCUT2D eigenvalue weighted by molar-refractivity contribution is -0.128. The Morgan fingerprint density at radius 2 is 2.10 bits per heavy atom. The van der Waals surface area contributed by atoms with Gasteiger partial charge < -0.3 is 15.7 Å². The summed E-state index contributed by atoms with van der Waals surface area (Å²) in [5.74, 6) is -0.655. The van der Waals surface area contributed by atoms with Gasteiger partial charge in [0.15, 0.2) is 0 Å². The summed E-state index contributed by atoms with van der Waals surface area (Å²) in [5.41, 5.74) is 1.85. The minimum Gasteiger partial charge on any atom is -0.396 e. The van der Waals surface area contributed by atoms with Crippen molar-refractivity contribution in [2.24, 2.45) is 0 Å². The van der Waals surface area contributed by atoms with Crippen LogP contribution in [0.3, 0.4) is 0 Å². The lowest BCUT2D eigenvalue weighted by Gasteiger charge is -2.17. The van der Waals surface area contributed by atoms with Gasteiger partial charge in [0.25, 0.3) is 0 Å². The highest BCUT2D eigenvalue weighted by molar-refractivity contribution is 6.31. The standard InChI is InChI=1S/C14H19ClN2O3/c1-9-3-4-11(12(15)7-9)8-16-14(20)13(5-6-18)17-10(2)19/h3-4,7,13,18H,5-6,8H2,1-2H3,(H,16,20)(H,17,19). The predicted octanol–water partition coefficient (Wildman–Crippen LogP) is 1.15. The zero-order valence-corrected chi connectivity index (χ0v) is 12.3. The number of carbonyl (C=O) groups excluding carboxylic acids is 2. The summed E-state index contributed by atoms with van der Waals surface area (Å²) < 4.78 is 0. The van der Waals surface area contributed by atoms with Gasteiger partial charge in [0, 0.05) is 25.1 Å². The van der Waals surface area contributed by atoms with Crippen LogP contribution in [0.15, 0.2) is 18.2 Å². The van der Waals surface area contributed by atoms with Crippen molar-refractivity contribution in [3.63, 3.8) is 0 Å². The molecular formula is C14H19ClN2O3. The summed E-state index contributed by atoms with van der Waals surface area (Å²) in [6.45, 7) is 3.36. The first-order valence-corrected chi connectivity index (χ1v) is 6.72.